The van der Waals surface area contributed by atoms with Gasteiger partial charge in [0.15, 0.2) is 10.6 Å². The van der Waals surface area contributed by atoms with Gasteiger partial charge in [-0.15, -0.1) is 6.58 Å². The van der Waals surface area contributed by atoms with Crippen LogP contribution in [0.5, 0.6) is 0 Å². The molecule has 0 spiro atoms. The van der Waals surface area contributed by atoms with E-state index in [0.29, 0.717) is 16.4 Å². The van der Waals surface area contributed by atoms with Crippen LogP contribution in [0, 0.1) is 0 Å². The lowest BCUT2D eigenvalue weighted by Crippen LogP contribution is -2.16. The lowest BCUT2D eigenvalue weighted by molar-refractivity contribution is 0.0971. The van der Waals surface area contributed by atoms with Gasteiger partial charge in [-0.05, 0) is 30.3 Å². The summed E-state index contributed by atoms with van der Waals surface area (Å²) in [6.07, 6.45) is 3.21. The second-order valence-electron chi connectivity index (χ2n) is 4.29. The molecule has 0 fully saturated rings. The summed E-state index contributed by atoms with van der Waals surface area (Å²) in [5.41, 5.74) is 0.968. The van der Waals surface area contributed by atoms with E-state index in [-0.39, 0.29) is 5.76 Å². The predicted octanol–water partition coefficient (Wildman–Crippen LogP) is 3.88. The summed E-state index contributed by atoms with van der Waals surface area (Å²) >= 11 is 7.41. The van der Waals surface area contributed by atoms with Crippen LogP contribution in [-0.2, 0) is 6.54 Å². The molecule has 0 bridgehead atoms. The van der Waals surface area contributed by atoms with E-state index in [0.717, 1.165) is 10.2 Å². The number of aromatic nitrogens is 1. The van der Waals surface area contributed by atoms with Crippen molar-refractivity contribution in [2.24, 2.45) is 4.99 Å². The number of nitrogens with zero attached hydrogens (tertiary/aromatic N) is 2. The largest absolute Gasteiger partial charge is 0.459 e. The number of allylic oxidation sites excluding steroid dienone is 1. The monoisotopic (exact) mass is 318 g/mol. The molecule has 0 atom stereocenters. The maximum Gasteiger partial charge on any atom is 0.315 e. The number of amides is 1. The molecule has 3 rings (SSSR count). The molecule has 21 heavy (non-hydrogen) atoms. The fraction of sp³-hybridized carbons (Fsp3) is 0.0667. The molecular weight excluding hydrogens is 308 g/mol. The minimum atomic E-state index is -0.407. The van der Waals surface area contributed by atoms with Crippen molar-refractivity contribution < 1.29 is 9.21 Å². The van der Waals surface area contributed by atoms with Crippen LogP contribution in [0.25, 0.3) is 10.2 Å². The Morgan fingerprint density at radius 1 is 1.48 bits per heavy atom. The average Bonchev–Trinajstić information content (AvgIpc) is 3.08. The van der Waals surface area contributed by atoms with Crippen LogP contribution < -0.4 is 4.80 Å². The Hall–Kier alpha value is -2.11. The van der Waals surface area contributed by atoms with Crippen LogP contribution in [0.1, 0.15) is 10.6 Å². The Labute approximate surface area is 129 Å². The van der Waals surface area contributed by atoms with Gasteiger partial charge >= 0.3 is 5.91 Å². The molecular formula is C15H11ClN2O2S. The van der Waals surface area contributed by atoms with E-state index in [4.69, 9.17) is 16.0 Å². The van der Waals surface area contributed by atoms with Gasteiger partial charge in [-0.2, -0.15) is 4.99 Å². The summed E-state index contributed by atoms with van der Waals surface area (Å²) in [6.45, 7) is 4.30. The smallest absolute Gasteiger partial charge is 0.315 e. The average molecular weight is 319 g/mol. The number of halogens is 1. The van der Waals surface area contributed by atoms with Crippen LogP contribution in [0.15, 0.2) is 58.7 Å². The molecule has 4 nitrogen and oxygen atoms in total. The number of hydrogen-bond donors (Lipinski definition) is 0. The first-order chi connectivity index (χ1) is 10.2. The first-order valence-corrected chi connectivity index (χ1v) is 7.41. The number of fused-ring (bicyclic) bond motifs is 1. The van der Waals surface area contributed by atoms with Gasteiger partial charge in [-0.1, -0.05) is 29.0 Å². The van der Waals surface area contributed by atoms with E-state index in [2.05, 4.69) is 11.6 Å². The number of carbonyl (C=O) groups excluding carboxylic acids is 1. The Morgan fingerprint density at radius 3 is 3.05 bits per heavy atom. The Morgan fingerprint density at radius 2 is 2.33 bits per heavy atom. The molecule has 0 saturated heterocycles. The molecule has 2 heterocycles. The molecule has 0 radical (unpaired) electrons. The lowest BCUT2D eigenvalue weighted by Gasteiger charge is -2.00. The maximum absolute atomic E-state index is 12.1. The zero-order chi connectivity index (χ0) is 14.8. The summed E-state index contributed by atoms with van der Waals surface area (Å²) < 4.78 is 7.96. The van der Waals surface area contributed by atoms with Gasteiger partial charge in [0.25, 0.3) is 0 Å². The van der Waals surface area contributed by atoms with E-state index < -0.39 is 5.91 Å². The number of benzene rings is 1. The predicted molar refractivity (Wildman–Crippen MR) is 83.6 cm³/mol. The Balaban J connectivity index is 2.19. The topological polar surface area (TPSA) is 47.5 Å². The summed E-state index contributed by atoms with van der Waals surface area (Å²) in [5.74, 6) is -0.189. The standard InChI is InChI=1S/C15H11ClN2O2S/c1-2-7-18-11-6-5-10(16)9-13(11)21-15(18)17-14(19)12-4-3-8-20-12/h2-6,8-9H,1,7H2. The second kappa shape index (κ2) is 5.71. The van der Waals surface area contributed by atoms with Crippen LogP contribution in [0.4, 0.5) is 0 Å². The molecule has 1 aromatic carbocycles. The SMILES string of the molecule is C=CCn1c(=NC(=O)c2ccco2)sc2cc(Cl)ccc21. The number of carbonyl (C=O) groups is 1. The summed E-state index contributed by atoms with van der Waals surface area (Å²) in [6, 6.07) is 8.83. The van der Waals surface area contributed by atoms with Crippen molar-refractivity contribution in [3.05, 3.63) is 64.8 Å². The van der Waals surface area contributed by atoms with E-state index in [1.807, 2.05) is 22.8 Å². The first kappa shape index (κ1) is 13.9. The third-order valence-electron chi connectivity index (χ3n) is 2.89. The van der Waals surface area contributed by atoms with Crippen molar-refractivity contribution in [1.82, 2.24) is 4.57 Å². The quantitative estimate of drug-likeness (QED) is 0.688. The molecule has 3 aromatic rings. The zero-order valence-corrected chi connectivity index (χ0v) is 12.5. The highest BCUT2D eigenvalue weighted by Crippen LogP contribution is 2.22. The lowest BCUT2D eigenvalue weighted by atomic mass is 10.3. The fourth-order valence-corrected chi connectivity index (χ4v) is 3.29. The number of hydrogen-bond acceptors (Lipinski definition) is 3. The molecule has 1 amide bonds. The van der Waals surface area contributed by atoms with Crippen LogP contribution >= 0.6 is 22.9 Å². The van der Waals surface area contributed by atoms with Gasteiger partial charge in [0, 0.05) is 11.6 Å². The Kier molecular flexibility index (Phi) is 3.77. The van der Waals surface area contributed by atoms with Crippen molar-refractivity contribution in [2.45, 2.75) is 6.54 Å². The molecule has 0 N–H and O–H groups in total. The van der Waals surface area contributed by atoms with Gasteiger partial charge in [-0.3, -0.25) is 4.79 Å². The van der Waals surface area contributed by atoms with Crippen molar-refractivity contribution in [3.8, 4) is 0 Å². The van der Waals surface area contributed by atoms with Gasteiger partial charge in [0.2, 0.25) is 0 Å². The molecule has 0 saturated carbocycles. The van der Waals surface area contributed by atoms with Crippen LogP contribution in [-0.4, -0.2) is 10.5 Å². The van der Waals surface area contributed by atoms with Crippen LogP contribution in [0.3, 0.4) is 0 Å². The zero-order valence-electron chi connectivity index (χ0n) is 11.0. The van der Waals surface area contributed by atoms with Crippen molar-refractivity contribution in [1.29, 1.82) is 0 Å². The van der Waals surface area contributed by atoms with Gasteiger partial charge in [0.05, 0.1) is 16.5 Å². The molecule has 2 aromatic heterocycles. The highest BCUT2D eigenvalue weighted by molar-refractivity contribution is 7.16. The number of rotatable bonds is 3. The van der Waals surface area contributed by atoms with Crippen molar-refractivity contribution in [3.63, 3.8) is 0 Å². The van der Waals surface area contributed by atoms with Gasteiger partial charge in [-0.25, -0.2) is 0 Å². The second-order valence-corrected chi connectivity index (χ2v) is 5.74. The highest BCUT2D eigenvalue weighted by atomic mass is 35.5. The third kappa shape index (κ3) is 2.70. The maximum atomic E-state index is 12.1. The molecule has 0 aliphatic heterocycles. The van der Waals surface area contributed by atoms with Gasteiger partial charge in [0.1, 0.15) is 0 Å². The molecule has 0 aliphatic carbocycles. The van der Waals surface area contributed by atoms with E-state index in [1.54, 1.807) is 18.2 Å². The fourth-order valence-electron chi connectivity index (χ4n) is 1.98. The first-order valence-electron chi connectivity index (χ1n) is 6.21. The van der Waals surface area contributed by atoms with Crippen molar-refractivity contribution >= 4 is 39.1 Å². The molecule has 106 valence electrons. The van der Waals surface area contributed by atoms with Crippen molar-refractivity contribution in [2.75, 3.05) is 0 Å². The molecule has 0 aliphatic rings. The summed E-state index contributed by atoms with van der Waals surface area (Å²) in [5, 5.41) is 0.651. The van der Waals surface area contributed by atoms with E-state index >= 15 is 0 Å². The highest BCUT2D eigenvalue weighted by Gasteiger charge is 2.10. The van der Waals surface area contributed by atoms with E-state index in [9.17, 15) is 4.79 Å². The minimum Gasteiger partial charge on any atom is -0.459 e. The Bertz CT molecular complexity index is 875. The molecule has 0 unspecified atom stereocenters. The number of thiazole rings is 1. The number of furan rings is 1. The minimum absolute atomic E-state index is 0.218. The third-order valence-corrected chi connectivity index (χ3v) is 4.16. The van der Waals surface area contributed by atoms with Crippen LogP contribution in [0.2, 0.25) is 5.02 Å². The van der Waals surface area contributed by atoms with Gasteiger partial charge < -0.3 is 8.98 Å². The molecule has 6 heteroatoms. The summed E-state index contributed by atoms with van der Waals surface area (Å²) in [4.78, 5) is 16.8. The van der Waals surface area contributed by atoms with E-state index in [1.165, 1.54) is 17.6 Å². The summed E-state index contributed by atoms with van der Waals surface area (Å²) in [7, 11) is 0. The normalized spacial score (nSPS) is 12.0.